The van der Waals surface area contributed by atoms with Gasteiger partial charge >= 0.3 is 0 Å². The first kappa shape index (κ1) is 14.2. The molecule has 4 nitrogen and oxygen atoms in total. The molecule has 0 aliphatic carbocycles. The lowest BCUT2D eigenvalue weighted by molar-refractivity contribution is -0.118. The van der Waals surface area contributed by atoms with Crippen LogP contribution < -0.4 is 10.1 Å². The molecule has 0 saturated heterocycles. The number of carbonyl (C=O) groups is 1. The molecule has 5 heteroatoms. The second-order valence-electron chi connectivity index (χ2n) is 4.31. The number of amides is 1. The molecule has 0 aromatic heterocycles. The summed E-state index contributed by atoms with van der Waals surface area (Å²) in [6.45, 7) is 1.83. The standard InChI is InChI=1S/C15H14ClNO3/c1-10-2-5-12(6-3-10)20-9-15(19)17-13-8-11(16)4-7-14(13)18/h2-8,18H,9H2,1H3,(H,17,19). The molecule has 2 rings (SSSR count). The summed E-state index contributed by atoms with van der Waals surface area (Å²) in [4.78, 5) is 11.7. The van der Waals surface area contributed by atoms with Crippen LogP contribution >= 0.6 is 11.6 Å². The van der Waals surface area contributed by atoms with Crippen molar-refractivity contribution in [2.75, 3.05) is 11.9 Å². The summed E-state index contributed by atoms with van der Waals surface area (Å²) in [6, 6.07) is 11.8. The minimum Gasteiger partial charge on any atom is -0.506 e. The van der Waals surface area contributed by atoms with Gasteiger partial charge in [0.25, 0.3) is 5.91 Å². The Morgan fingerprint density at radius 1 is 1.25 bits per heavy atom. The van der Waals surface area contributed by atoms with Gasteiger partial charge in [0, 0.05) is 5.02 Å². The molecular formula is C15H14ClNO3. The molecule has 0 fully saturated rings. The Morgan fingerprint density at radius 2 is 1.95 bits per heavy atom. The molecule has 0 heterocycles. The highest BCUT2D eigenvalue weighted by Gasteiger charge is 2.08. The van der Waals surface area contributed by atoms with Crippen LogP contribution in [0.3, 0.4) is 0 Å². The Bertz CT molecular complexity index is 611. The third-order valence-electron chi connectivity index (χ3n) is 2.62. The van der Waals surface area contributed by atoms with Gasteiger partial charge < -0.3 is 15.2 Å². The average Bonchev–Trinajstić information content (AvgIpc) is 2.42. The van der Waals surface area contributed by atoms with Gasteiger partial charge in [0.05, 0.1) is 5.69 Å². The first-order valence-corrected chi connectivity index (χ1v) is 6.40. The van der Waals surface area contributed by atoms with E-state index in [1.165, 1.54) is 18.2 Å². The van der Waals surface area contributed by atoms with Crippen molar-refractivity contribution in [1.29, 1.82) is 0 Å². The molecule has 20 heavy (non-hydrogen) atoms. The number of halogens is 1. The number of ether oxygens (including phenoxy) is 1. The third-order valence-corrected chi connectivity index (χ3v) is 2.86. The topological polar surface area (TPSA) is 58.6 Å². The van der Waals surface area contributed by atoms with Gasteiger partial charge in [-0.1, -0.05) is 29.3 Å². The Hall–Kier alpha value is -2.20. The van der Waals surface area contributed by atoms with Crippen LogP contribution in [-0.2, 0) is 4.79 Å². The summed E-state index contributed by atoms with van der Waals surface area (Å²) in [5.74, 6) is 0.197. The second kappa shape index (κ2) is 6.30. The van der Waals surface area contributed by atoms with E-state index in [-0.39, 0.29) is 24.0 Å². The Kier molecular flexibility index (Phi) is 4.48. The van der Waals surface area contributed by atoms with E-state index in [4.69, 9.17) is 16.3 Å². The number of hydrogen-bond donors (Lipinski definition) is 2. The zero-order chi connectivity index (χ0) is 14.5. The SMILES string of the molecule is Cc1ccc(OCC(=O)Nc2cc(Cl)ccc2O)cc1. The predicted molar refractivity (Wildman–Crippen MR) is 78.4 cm³/mol. The van der Waals surface area contributed by atoms with Crippen molar-refractivity contribution in [3.05, 3.63) is 53.1 Å². The number of hydrogen-bond acceptors (Lipinski definition) is 3. The number of nitrogens with one attached hydrogen (secondary N) is 1. The van der Waals surface area contributed by atoms with E-state index in [1.807, 2.05) is 19.1 Å². The second-order valence-corrected chi connectivity index (χ2v) is 4.75. The van der Waals surface area contributed by atoms with Gasteiger partial charge in [-0.3, -0.25) is 4.79 Å². The van der Waals surface area contributed by atoms with Crippen molar-refractivity contribution in [2.45, 2.75) is 6.92 Å². The molecule has 0 aliphatic heterocycles. The number of anilines is 1. The first-order valence-electron chi connectivity index (χ1n) is 6.02. The Labute approximate surface area is 122 Å². The highest BCUT2D eigenvalue weighted by Crippen LogP contribution is 2.26. The molecule has 0 saturated carbocycles. The highest BCUT2D eigenvalue weighted by molar-refractivity contribution is 6.31. The van der Waals surface area contributed by atoms with E-state index in [2.05, 4.69) is 5.32 Å². The summed E-state index contributed by atoms with van der Waals surface area (Å²) < 4.78 is 5.34. The van der Waals surface area contributed by atoms with E-state index in [9.17, 15) is 9.90 Å². The zero-order valence-corrected chi connectivity index (χ0v) is 11.6. The fraction of sp³-hybridized carbons (Fsp3) is 0.133. The number of benzene rings is 2. The maximum absolute atomic E-state index is 11.7. The average molecular weight is 292 g/mol. The van der Waals surface area contributed by atoms with Crippen molar-refractivity contribution in [3.63, 3.8) is 0 Å². The Morgan fingerprint density at radius 3 is 2.65 bits per heavy atom. The van der Waals surface area contributed by atoms with Crippen molar-refractivity contribution in [1.82, 2.24) is 0 Å². The quantitative estimate of drug-likeness (QED) is 0.849. The molecule has 1 amide bonds. The minimum atomic E-state index is -0.372. The van der Waals surface area contributed by atoms with E-state index in [0.29, 0.717) is 10.8 Å². The number of aryl methyl sites for hydroxylation is 1. The van der Waals surface area contributed by atoms with Crippen LogP contribution in [0.5, 0.6) is 11.5 Å². The molecule has 0 aliphatic rings. The van der Waals surface area contributed by atoms with Crippen LogP contribution in [-0.4, -0.2) is 17.6 Å². The van der Waals surface area contributed by atoms with E-state index >= 15 is 0 Å². The van der Waals surface area contributed by atoms with Crippen LogP contribution in [0.1, 0.15) is 5.56 Å². The van der Waals surface area contributed by atoms with Crippen molar-refractivity contribution < 1.29 is 14.6 Å². The van der Waals surface area contributed by atoms with Gasteiger partial charge in [0.15, 0.2) is 6.61 Å². The first-order chi connectivity index (χ1) is 9.54. The van der Waals surface area contributed by atoms with Gasteiger partial charge in [0.1, 0.15) is 11.5 Å². The smallest absolute Gasteiger partial charge is 0.262 e. The van der Waals surface area contributed by atoms with Gasteiger partial charge in [-0.2, -0.15) is 0 Å². The number of aromatic hydroxyl groups is 1. The molecule has 0 atom stereocenters. The maximum Gasteiger partial charge on any atom is 0.262 e. The molecule has 2 N–H and O–H groups in total. The fourth-order valence-electron chi connectivity index (χ4n) is 1.58. The third kappa shape index (κ3) is 3.90. The molecule has 0 unspecified atom stereocenters. The molecule has 2 aromatic rings. The minimum absolute atomic E-state index is 0.0434. The van der Waals surface area contributed by atoms with E-state index < -0.39 is 0 Å². The number of phenolic OH excluding ortho intramolecular Hbond substituents is 1. The lowest BCUT2D eigenvalue weighted by atomic mass is 10.2. The normalized spacial score (nSPS) is 10.1. The zero-order valence-electron chi connectivity index (χ0n) is 10.9. The van der Waals surface area contributed by atoms with E-state index in [1.54, 1.807) is 12.1 Å². The number of phenols is 1. The van der Waals surface area contributed by atoms with Crippen molar-refractivity contribution in [2.24, 2.45) is 0 Å². The predicted octanol–water partition coefficient (Wildman–Crippen LogP) is 3.37. The molecular weight excluding hydrogens is 278 g/mol. The van der Waals surface area contributed by atoms with Gasteiger partial charge in [-0.05, 0) is 37.3 Å². The monoisotopic (exact) mass is 291 g/mol. The van der Waals surface area contributed by atoms with Crippen LogP contribution in [0.2, 0.25) is 5.02 Å². The molecule has 0 bridgehead atoms. The summed E-state index contributed by atoms with van der Waals surface area (Å²) in [7, 11) is 0. The van der Waals surface area contributed by atoms with Crippen LogP contribution in [0.25, 0.3) is 0 Å². The van der Waals surface area contributed by atoms with Crippen molar-refractivity contribution in [3.8, 4) is 11.5 Å². The molecule has 0 spiro atoms. The van der Waals surface area contributed by atoms with Crippen molar-refractivity contribution >= 4 is 23.2 Å². The summed E-state index contributed by atoms with van der Waals surface area (Å²) in [5, 5.41) is 12.5. The van der Waals surface area contributed by atoms with Gasteiger partial charge in [0.2, 0.25) is 0 Å². The summed E-state index contributed by atoms with van der Waals surface area (Å²) in [6.07, 6.45) is 0. The number of rotatable bonds is 4. The Balaban J connectivity index is 1.92. The van der Waals surface area contributed by atoms with Crippen LogP contribution in [0, 0.1) is 6.92 Å². The van der Waals surface area contributed by atoms with Gasteiger partial charge in [-0.15, -0.1) is 0 Å². The molecule has 0 radical (unpaired) electrons. The molecule has 104 valence electrons. The lowest BCUT2D eigenvalue weighted by Gasteiger charge is -2.09. The highest BCUT2D eigenvalue weighted by atomic mass is 35.5. The number of carbonyl (C=O) groups excluding carboxylic acids is 1. The van der Waals surface area contributed by atoms with Gasteiger partial charge in [-0.25, -0.2) is 0 Å². The summed E-state index contributed by atoms with van der Waals surface area (Å²) in [5.41, 5.74) is 1.38. The fourth-order valence-corrected chi connectivity index (χ4v) is 1.75. The summed E-state index contributed by atoms with van der Waals surface area (Å²) >= 11 is 5.79. The van der Waals surface area contributed by atoms with Crippen LogP contribution in [0.15, 0.2) is 42.5 Å². The maximum atomic E-state index is 11.7. The molecule has 2 aromatic carbocycles. The van der Waals surface area contributed by atoms with E-state index in [0.717, 1.165) is 5.56 Å². The van der Waals surface area contributed by atoms with Crippen LogP contribution in [0.4, 0.5) is 5.69 Å². The lowest BCUT2D eigenvalue weighted by Crippen LogP contribution is -2.20. The largest absolute Gasteiger partial charge is 0.506 e.